The number of allylic oxidation sites excluding steroid dienone is 2. The average Bonchev–Trinajstić information content (AvgIpc) is 2.84. The molecule has 4 N–H and O–H groups in total. The zero-order chi connectivity index (χ0) is 22.7. The van der Waals surface area contributed by atoms with Gasteiger partial charge in [0.05, 0.1) is 24.9 Å². The van der Waals surface area contributed by atoms with Crippen LogP contribution in [0.15, 0.2) is 96.6 Å². The van der Waals surface area contributed by atoms with Crippen molar-refractivity contribution in [2.24, 2.45) is 5.73 Å². The summed E-state index contributed by atoms with van der Waals surface area (Å²) in [5.74, 6) is 0.662. The number of methoxy groups -OCH3 is 2. The van der Waals surface area contributed by atoms with E-state index < -0.39 is 5.41 Å². The Labute approximate surface area is 190 Å². The zero-order valence-electron chi connectivity index (χ0n) is 18.8. The topological polar surface area (TPSA) is 70.5 Å². The first-order valence-electron chi connectivity index (χ1n) is 10.8. The molecule has 0 spiro atoms. The van der Waals surface area contributed by atoms with Crippen LogP contribution in [0.25, 0.3) is 11.1 Å². The summed E-state index contributed by atoms with van der Waals surface area (Å²) in [6.07, 6.45) is 6.05. The Hall–Kier alpha value is -3.34. The molecule has 1 aliphatic carbocycles. The maximum Gasteiger partial charge on any atom is 0.142 e. The van der Waals surface area contributed by atoms with Crippen LogP contribution in [0.4, 0.5) is 5.69 Å². The van der Waals surface area contributed by atoms with Crippen molar-refractivity contribution in [2.75, 3.05) is 20.0 Å². The predicted molar refractivity (Wildman–Crippen MR) is 132 cm³/mol. The standard InChI is InChI=1S/C28H30N2O2/c1-28(22-13-15-24(29)26(17-22)31-2,23-14-16-25(30)27(18-23)32-3)21-11-9-20(10-12-21)19-7-5-4-6-8-19/h4-18,24,26H,29-30H2,1-3H3. The lowest BCUT2D eigenvalue weighted by atomic mass is 9.68. The van der Waals surface area contributed by atoms with Gasteiger partial charge in [0.15, 0.2) is 0 Å². The van der Waals surface area contributed by atoms with Crippen LogP contribution < -0.4 is 16.2 Å². The van der Waals surface area contributed by atoms with E-state index in [2.05, 4.69) is 73.7 Å². The summed E-state index contributed by atoms with van der Waals surface area (Å²) in [5, 5.41) is 0. The van der Waals surface area contributed by atoms with Crippen molar-refractivity contribution in [3.63, 3.8) is 0 Å². The third-order valence-corrected chi connectivity index (χ3v) is 6.45. The van der Waals surface area contributed by atoms with E-state index in [0.29, 0.717) is 11.4 Å². The van der Waals surface area contributed by atoms with Gasteiger partial charge in [0, 0.05) is 12.5 Å². The van der Waals surface area contributed by atoms with E-state index in [4.69, 9.17) is 20.9 Å². The first kappa shape index (κ1) is 21.9. The average molecular weight is 427 g/mol. The first-order chi connectivity index (χ1) is 15.5. The van der Waals surface area contributed by atoms with E-state index in [9.17, 15) is 0 Å². The van der Waals surface area contributed by atoms with E-state index in [1.165, 1.54) is 11.1 Å². The van der Waals surface area contributed by atoms with Crippen LogP contribution in [0.3, 0.4) is 0 Å². The number of nitrogen functional groups attached to an aromatic ring is 1. The Balaban J connectivity index is 1.86. The lowest BCUT2D eigenvalue weighted by molar-refractivity contribution is 0.128. The Morgan fingerprint density at radius 2 is 1.50 bits per heavy atom. The molecule has 0 radical (unpaired) electrons. The van der Waals surface area contributed by atoms with E-state index in [0.717, 1.165) is 16.7 Å². The van der Waals surface area contributed by atoms with Gasteiger partial charge >= 0.3 is 0 Å². The Morgan fingerprint density at radius 1 is 0.844 bits per heavy atom. The fourth-order valence-corrected chi connectivity index (χ4v) is 4.38. The van der Waals surface area contributed by atoms with E-state index >= 15 is 0 Å². The van der Waals surface area contributed by atoms with E-state index in [1.807, 2.05) is 24.3 Å². The van der Waals surface area contributed by atoms with Gasteiger partial charge in [-0.3, -0.25) is 0 Å². The number of rotatable bonds is 6. The SMILES string of the molecule is COc1cc(C(C)(C2=CC(OC)C(N)C=C2)c2ccc(-c3ccccc3)cc2)ccc1N. The highest BCUT2D eigenvalue weighted by Crippen LogP contribution is 2.43. The number of anilines is 1. The molecule has 0 saturated heterocycles. The smallest absolute Gasteiger partial charge is 0.142 e. The minimum Gasteiger partial charge on any atom is -0.495 e. The van der Waals surface area contributed by atoms with Gasteiger partial charge in [-0.25, -0.2) is 0 Å². The van der Waals surface area contributed by atoms with Gasteiger partial charge in [0.25, 0.3) is 0 Å². The molecule has 4 nitrogen and oxygen atoms in total. The van der Waals surface area contributed by atoms with Crippen LogP contribution >= 0.6 is 0 Å². The van der Waals surface area contributed by atoms with Crippen LogP contribution in [-0.2, 0) is 10.2 Å². The molecule has 0 bridgehead atoms. The summed E-state index contributed by atoms with van der Waals surface area (Å²) in [5.41, 5.74) is 18.2. The van der Waals surface area contributed by atoms with Gasteiger partial charge in [-0.05, 0) is 53.0 Å². The van der Waals surface area contributed by atoms with Crippen molar-refractivity contribution in [3.05, 3.63) is 108 Å². The minimum absolute atomic E-state index is 0.172. The Kier molecular flexibility index (Phi) is 6.17. The highest BCUT2D eigenvalue weighted by Gasteiger charge is 2.35. The van der Waals surface area contributed by atoms with Gasteiger partial charge in [0.2, 0.25) is 0 Å². The van der Waals surface area contributed by atoms with Crippen LogP contribution in [0.1, 0.15) is 18.1 Å². The zero-order valence-corrected chi connectivity index (χ0v) is 18.8. The lowest BCUT2D eigenvalue weighted by Crippen LogP contribution is -2.37. The van der Waals surface area contributed by atoms with Crippen LogP contribution in [0, 0.1) is 0 Å². The maximum atomic E-state index is 6.23. The predicted octanol–water partition coefficient (Wildman–Crippen LogP) is 5.09. The van der Waals surface area contributed by atoms with Crippen molar-refractivity contribution in [1.82, 2.24) is 0 Å². The molecular weight excluding hydrogens is 396 g/mol. The largest absolute Gasteiger partial charge is 0.495 e. The molecule has 0 saturated carbocycles. The van der Waals surface area contributed by atoms with Gasteiger partial charge in [-0.1, -0.05) is 72.8 Å². The van der Waals surface area contributed by atoms with Crippen LogP contribution in [0.5, 0.6) is 5.75 Å². The van der Waals surface area contributed by atoms with Crippen molar-refractivity contribution in [3.8, 4) is 16.9 Å². The van der Waals surface area contributed by atoms with Crippen molar-refractivity contribution in [1.29, 1.82) is 0 Å². The van der Waals surface area contributed by atoms with Gasteiger partial charge < -0.3 is 20.9 Å². The molecule has 3 aromatic rings. The summed E-state index contributed by atoms with van der Waals surface area (Å²) >= 11 is 0. The van der Waals surface area contributed by atoms with E-state index in [-0.39, 0.29) is 12.1 Å². The number of hydrogen-bond acceptors (Lipinski definition) is 4. The molecule has 0 aromatic heterocycles. The molecule has 3 unspecified atom stereocenters. The molecule has 3 aromatic carbocycles. The number of benzene rings is 3. The Bertz CT molecular complexity index is 1140. The maximum absolute atomic E-state index is 6.23. The summed E-state index contributed by atoms with van der Waals surface area (Å²) in [6, 6.07) is 24.9. The molecule has 1 aliphatic rings. The Morgan fingerprint density at radius 3 is 2.16 bits per heavy atom. The second kappa shape index (κ2) is 9.03. The number of nitrogens with two attached hydrogens (primary N) is 2. The third-order valence-electron chi connectivity index (χ3n) is 6.45. The van der Waals surface area contributed by atoms with Crippen molar-refractivity contribution < 1.29 is 9.47 Å². The van der Waals surface area contributed by atoms with Gasteiger partial charge in [-0.2, -0.15) is 0 Å². The summed E-state index contributed by atoms with van der Waals surface area (Å²) in [4.78, 5) is 0. The summed E-state index contributed by atoms with van der Waals surface area (Å²) in [7, 11) is 3.33. The first-order valence-corrected chi connectivity index (χ1v) is 10.8. The minimum atomic E-state index is -0.455. The lowest BCUT2D eigenvalue weighted by Gasteiger charge is -2.36. The molecule has 4 rings (SSSR count). The molecule has 164 valence electrons. The van der Waals surface area contributed by atoms with Crippen LogP contribution in [-0.4, -0.2) is 26.4 Å². The fraction of sp³-hybridized carbons (Fsp3) is 0.214. The highest BCUT2D eigenvalue weighted by atomic mass is 16.5. The second-order valence-electron chi connectivity index (χ2n) is 8.28. The highest BCUT2D eigenvalue weighted by molar-refractivity contribution is 5.66. The molecule has 0 amide bonds. The summed E-state index contributed by atoms with van der Waals surface area (Å²) in [6.45, 7) is 2.22. The van der Waals surface area contributed by atoms with Crippen molar-refractivity contribution in [2.45, 2.75) is 24.5 Å². The third kappa shape index (κ3) is 3.95. The van der Waals surface area contributed by atoms with Crippen molar-refractivity contribution >= 4 is 5.69 Å². The monoisotopic (exact) mass is 426 g/mol. The second-order valence-corrected chi connectivity index (χ2v) is 8.28. The van der Waals surface area contributed by atoms with Gasteiger partial charge in [-0.15, -0.1) is 0 Å². The normalized spacial score (nSPS) is 19.8. The molecule has 3 atom stereocenters. The number of ether oxygens (including phenoxy) is 2. The molecular formula is C28H30N2O2. The molecule has 0 heterocycles. The number of hydrogen-bond donors (Lipinski definition) is 2. The summed E-state index contributed by atoms with van der Waals surface area (Å²) < 4.78 is 11.2. The fourth-order valence-electron chi connectivity index (χ4n) is 4.38. The van der Waals surface area contributed by atoms with E-state index in [1.54, 1.807) is 14.2 Å². The molecule has 0 aliphatic heterocycles. The molecule has 32 heavy (non-hydrogen) atoms. The quantitative estimate of drug-likeness (QED) is 0.539. The molecule has 0 fully saturated rings. The van der Waals surface area contributed by atoms with Crippen LogP contribution in [0.2, 0.25) is 0 Å². The molecule has 4 heteroatoms. The van der Waals surface area contributed by atoms with Gasteiger partial charge in [0.1, 0.15) is 5.75 Å².